The summed E-state index contributed by atoms with van der Waals surface area (Å²) in [6.45, 7) is 4.29. The molecule has 1 aromatic carbocycles. The van der Waals surface area contributed by atoms with Gasteiger partial charge in [-0.05, 0) is 56.0 Å². The predicted molar refractivity (Wildman–Crippen MR) is 74.4 cm³/mol. The highest BCUT2D eigenvalue weighted by Gasteiger charge is 2.17. The van der Waals surface area contributed by atoms with Gasteiger partial charge < -0.3 is 10.1 Å². The molecule has 2 nitrogen and oxygen atoms in total. The number of hydrogen-bond donors (Lipinski definition) is 1. The number of benzene rings is 1. The van der Waals surface area contributed by atoms with E-state index in [1.54, 1.807) is 0 Å². The summed E-state index contributed by atoms with van der Waals surface area (Å²) < 4.78 is 6.83. The molecule has 2 atom stereocenters. The summed E-state index contributed by atoms with van der Waals surface area (Å²) in [5.74, 6) is 1.81. The predicted octanol–water partition coefficient (Wildman–Crippen LogP) is 3.61. The Balaban J connectivity index is 1.70. The van der Waals surface area contributed by atoms with Crippen LogP contribution in [0.1, 0.15) is 26.2 Å². The monoisotopic (exact) mass is 297 g/mol. The van der Waals surface area contributed by atoms with Crippen LogP contribution in [0.5, 0.6) is 5.75 Å². The summed E-state index contributed by atoms with van der Waals surface area (Å²) in [6.07, 6.45) is 3.69. The minimum absolute atomic E-state index is 0.634. The van der Waals surface area contributed by atoms with Crippen LogP contribution in [0.25, 0.3) is 0 Å². The number of ether oxygens (including phenoxy) is 1. The van der Waals surface area contributed by atoms with E-state index < -0.39 is 0 Å². The molecule has 2 rings (SSSR count). The summed E-state index contributed by atoms with van der Waals surface area (Å²) in [6, 6.07) is 8.66. The van der Waals surface area contributed by atoms with Crippen molar-refractivity contribution in [1.82, 2.24) is 5.32 Å². The van der Waals surface area contributed by atoms with Gasteiger partial charge in [-0.25, -0.2) is 0 Å². The summed E-state index contributed by atoms with van der Waals surface area (Å²) in [7, 11) is 0. The molecule has 0 bridgehead atoms. The highest BCUT2D eigenvalue weighted by molar-refractivity contribution is 9.10. The molecule has 0 aliphatic carbocycles. The van der Waals surface area contributed by atoms with Crippen LogP contribution in [0.4, 0.5) is 0 Å². The van der Waals surface area contributed by atoms with Gasteiger partial charge in [-0.3, -0.25) is 0 Å². The van der Waals surface area contributed by atoms with E-state index in [9.17, 15) is 0 Å². The molecule has 1 saturated heterocycles. The molecular formula is C14H20BrNO. The Morgan fingerprint density at radius 3 is 2.82 bits per heavy atom. The van der Waals surface area contributed by atoms with E-state index in [0.29, 0.717) is 6.04 Å². The molecule has 1 N–H and O–H groups in total. The highest BCUT2D eigenvalue weighted by Crippen LogP contribution is 2.19. The summed E-state index contributed by atoms with van der Waals surface area (Å²) in [4.78, 5) is 0. The molecule has 1 heterocycles. The van der Waals surface area contributed by atoms with Gasteiger partial charge in [0.15, 0.2) is 0 Å². The SMILES string of the molecule is CC1CCNC(CCOc2ccc(Br)cc2)C1. The van der Waals surface area contributed by atoms with Crippen LogP contribution < -0.4 is 10.1 Å². The molecular weight excluding hydrogens is 278 g/mol. The van der Waals surface area contributed by atoms with Crippen molar-refractivity contribution in [2.75, 3.05) is 13.2 Å². The van der Waals surface area contributed by atoms with E-state index in [4.69, 9.17) is 4.74 Å². The number of hydrogen-bond acceptors (Lipinski definition) is 2. The third kappa shape index (κ3) is 4.32. The van der Waals surface area contributed by atoms with Crippen molar-refractivity contribution in [3.63, 3.8) is 0 Å². The van der Waals surface area contributed by atoms with Crippen molar-refractivity contribution < 1.29 is 4.74 Å². The fourth-order valence-electron chi connectivity index (χ4n) is 2.29. The first-order valence-corrected chi connectivity index (χ1v) is 7.15. The first-order chi connectivity index (χ1) is 8.24. The van der Waals surface area contributed by atoms with Gasteiger partial charge in [-0.1, -0.05) is 22.9 Å². The van der Waals surface area contributed by atoms with Crippen molar-refractivity contribution >= 4 is 15.9 Å². The maximum atomic E-state index is 5.74. The molecule has 0 aromatic heterocycles. The van der Waals surface area contributed by atoms with Gasteiger partial charge in [-0.2, -0.15) is 0 Å². The van der Waals surface area contributed by atoms with Crippen LogP contribution in [-0.4, -0.2) is 19.2 Å². The fourth-order valence-corrected chi connectivity index (χ4v) is 2.55. The topological polar surface area (TPSA) is 21.3 Å². The number of halogens is 1. The van der Waals surface area contributed by atoms with Crippen LogP contribution >= 0.6 is 15.9 Å². The van der Waals surface area contributed by atoms with E-state index in [1.807, 2.05) is 24.3 Å². The molecule has 0 saturated carbocycles. The van der Waals surface area contributed by atoms with E-state index in [2.05, 4.69) is 28.2 Å². The molecule has 2 unspecified atom stereocenters. The zero-order valence-corrected chi connectivity index (χ0v) is 11.9. The average Bonchev–Trinajstić information content (AvgIpc) is 2.32. The van der Waals surface area contributed by atoms with Crippen molar-refractivity contribution in [1.29, 1.82) is 0 Å². The highest BCUT2D eigenvalue weighted by atomic mass is 79.9. The van der Waals surface area contributed by atoms with Gasteiger partial charge in [0.2, 0.25) is 0 Å². The number of nitrogens with one attached hydrogen (secondary N) is 1. The molecule has 17 heavy (non-hydrogen) atoms. The number of rotatable bonds is 4. The Hall–Kier alpha value is -0.540. The van der Waals surface area contributed by atoms with E-state index >= 15 is 0 Å². The average molecular weight is 298 g/mol. The van der Waals surface area contributed by atoms with Crippen molar-refractivity contribution in [2.45, 2.75) is 32.2 Å². The molecule has 1 fully saturated rings. The van der Waals surface area contributed by atoms with E-state index in [-0.39, 0.29) is 0 Å². The Morgan fingerprint density at radius 1 is 1.35 bits per heavy atom. The van der Waals surface area contributed by atoms with Gasteiger partial charge in [0.05, 0.1) is 6.61 Å². The Labute approximate surface area is 112 Å². The molecule has 0 amide bonds. The van der Waals surface area contributed by atoms with Gasteiger partial charge in [0, 0.05) is 10.5 Å². The summed E-state index contributed by atoms with van der Waals surface area (Å²) in [5, 5.41) is 3.56. The standard InChI is InChI=1S/C14H20BrNO/c1-11-6-8-16-13(10-11)7-9-17-14-4-2-12(15)3-5-14/h2-5,11,13,16H,6-10H2,1H3. The Bertz CT molecular complexity index is 339. The molecule has 1 aromatic rings. The molecule has 0 spiro atoms. The zero-order valence-electron chi connectivity index (χ0n) is 10.3. The van der Waals surface area contributed by atoms with Crippen LogP contribution in [-0.2, 0) is 0 Å². The quantitative estimate of drug-likeness (QED) is 0.917. The lowest BCUT2D eigenvalue weighted by Crippen LogP contribution is -2.38. The maximum Gasteiger partial charge on any atom is 0.119 e. The maximum absolute atomic E-state index is 5.74. The Kier molecular flexibility index (Phi) is 4.86. The normalized spacial score (nSPS) is 24.6. The second-order valence-corrected chi connectivity index (χ2v) is 5.79. The van der Waals surface area contributed by atoms with Gasteiger partial charge >= 0.3 is 0 Å². The molecule has 1 aliphatic heterocycles. The van der Waals surface area contributed by atoms with Crippen LogP contribution in [0.3, 0.4) is 0 Å². The lowest BCUT2D eigenvalue weighted by atomic mass is 9.93. The van der Waals surface area contributed by atoms with Gasteiger partial charge in [0.25, 0.3) is 0 Å². The lowest BCUT2D eigenvalue weighted by Gasteiger charge is -2.28. The lowest BCUT2D eigenvalue weighted by molar-refractivity contribution is 0.245. The second kappa shape index (κ2) is 6.41. The van der Waals surface area contributed by atoms with Crippen molar-refractivity contribution in [3.05, 3.63) is 28.7 Å². The van der Waals surface area contributed by atoms with E-state index in [0.717, 1.165) is 35.7 Å². The number of piperidine rings is 1. The zero-order chi connectivity index (χ0) is 12.1. The van der Waals surface area contributed by atoms with Crippen molar-refractivity contribution in [2.24, 2.45) is 5.92 Å². The first kappa shape index (κ1) is 12.9. The first-order valence-electron chi connectivity index (χ1n) is 6.36. The van der Waals surface area contributed by atoms with Crippen molar-refractivity contribution in [3.8, 4) is 5.75 Å². The second-order valence-electron chi connectivity index (χ2n) is 4.87. The minimum Gasteiger partial charge on any atom is -0.494 e. The van der Waals surface area contributed by atoms with Gasteiger partial charge in [0.1, 0.15) is 5.75 Å². The minimum atomic E-state index is 0.634. The molecule has 94 valence electrons. The summed E-state index contributed by atoms with van der Waals surface area (Å²) >= 11 is 3.42. The third-order valence-corrected chi connectivity index (χ3v) is 3.83. The molecule has 1 aliphatic rings. The fraction of sp³-hybridized carbons (Fsp3) is 0.571. The third-order valence-electron chi connectivity index (χ3n) is 3.31. The van der Waals surface area contributed by atoms with Gasteiger partial charge in [-0.15, -0.1) is 0 Å². The molecule has 3 heteroatoms. The molecule has 0 radical (unpaired) electrons. The van der Waals surface area contributed by atoms with Crippen LogP contribution in [0, 0.1) is 5.92 Å². The van der Waals surface area contributed by atoms with Crippen LogP contribution in [0.2, 0.25) is 0 Å². The van der Waals surface area contributed by atoms with E-state index in [1.165, 1.54) is 12.8 Å². The van der Waals surface area contributed by atoms with Crippen LogP contribution in [0.15, 0.2) is 28.7 Å². The Morgan fingerprint density at radius 2 is 2.12 bits per heavy atom. The smallest absolute Gasteiger partial charge is 0.119 e. The summed E-state index contributed by atoms with van der Waals surface area (Å²) in [5.41, 5.74) is 0. The largest absolute Gasteiger partial charge is 0.494 e.